The Hall–Kier alpha value is -1.88. The van der Waals surface area contributed by atoms with E-state index in [0.29, 0.717) is 11.7 Å². The van der Waals surface area contributed by atoms with Gasteiger partial charge in [-0.3, -0.25) is 4.79 Å². The van der Waals surface area contributed by atoms with E-state index in [2.05, 4.69) is 9.97 Å². The Labute approximate surface area is 124 Å². The molecule has 1 aromatic carbocycles. The number of rotatable bonds is 4. The van der Waals surface area contributed by atoms with Crippen LogP contribution in [-0.4, -0.2) is 47.1 Å². The lowest BCUT2D eigenvalue weighted by Crippen LogP contribution is -2.31. The van der Waals surface area contributed by atoms with Crippen LogP contribution in [0.4, 0.5) is 0 Å². The Kier molecular flexibility index (Phi) is 4.20. The fourth-order valence-electron chi connectivity index (χ4n) is 2.76. The summed E-state index contributed by atoms with van der Waals surface area (Å²) < 4.78 is 5.71. The molecule has 21 heavy (non-hydrogen) atoms. The number of nitrogens with one attached hydrogen (secondary N) is 1. The zero-order chi connectivity index (χ0) is 14.7. The smallest absolute Gasteiger partial charge is 0.253 e. The van der Waals surface area contributed by atoms with Gasteiger partial charge >= 0.3 is 0 Å². The van der Waals surface area contributed by atoms with Gasteiger partial charge in [-0.05, 0) is 43.9 Å². The second kappa shape index (κ2) is 6.26. The summed E-state index contributed by atoms with van der Waals surface area (Å²) in [4.78, 5) is 21.4. The van der Waals surface area contributed by atoms with E-state index in [4.69, 9.17) is 4.74 Å². The van der Waals surface area contributed by atoms with Gasteiger partial charge in [-0.2, -0.15) is 0 Å². The van der Waals surface area contributed by atoms with Crippen LogP contribution in [0.25, 0.3) is 11.0 Å². The molecule has 0 bridgehead atoms. The first-order chi connectivity index (χ1) is 10.2. The Morgan fingerprint density at radius 3 is 3.19 bits per heavy atom. The average molecular weight is 287 g/mol. The highest BCUT2D eigenvalue weighted by atomic mass is 16.5. The van der Waals surface area contributed by atoms with Crippen LogP contribution in [0.2, 0.25) is 0 Å². The number of nitrogens with zero attached hydrogens (tertiary/aromatic N) is 2. The van der Waals surface area contributed by atoms with E-state index in [0.717, 1.165) is 43.4 Å². The molecule has 1 unspecified atom stereocenters. The van der Waals surface area contributed by atoms with Crippen molar-refractivity contribution in [2.24, 2.45) is 0 Å². The van der Waals surface area contributed by atoms with Crippen LogP contribution < -0.4 is 0 Å². The van der Waals surface area contributed by atoms with Crippen molar-refractivity contribution in [3.63, 3.8) is 0 Å². The highest BCUT2D eigenvalue weighted by molar-refractivity contribution is 5.97. The molecule has 1 aliphatic heterocycles. The monoisotopic (exact) mass is 287 g/mol. The number of carbonyl (C=O) groups excluding carboxylic acids is 1. The van der Waals surface area contributed by atoms with E-state index in [9.17, 15) is 4.79 Å². The molecule has 1 saturated heterocycles. The summed E-state index contributed by atoms with van der Waals surface area (Å²) in [5, 5.41) is 0. The minimum atomic E-state index is 0.0438. The minimum Gasteiger partial charge on any atom is -0.378 e. The number of H-pyrrole nitrogens is 1. The molecule has 1 atom stereocenters. The van der Waals surface area contributed by atoms with Gasteiger partial charge in [-0.15, -0.1) is 0 Å². The predicted molar refractivity (Wildman–Crippen MR) is 81.3 cm³/mol. The third kappa shape index (κ3) is 3.24. The number of aromatic amines is 1. The van der Waals surface area contributed by atoms with Crippen molar-refractivity contribution >= 4 is 16.9 Å². The van der Waals surface area contributed by atoms with Crippen molar-refractivity contribution in [1.29, 1.82) is 0 Å². The normalized spacial score (nSPS) is 18.8. The molecule has 112 valence electrons. The van der Waals surface area contributed by atoms with Crippen molar-refractivity contribution < 1.29 is 9.53 Å². The fraction of sp³-hybridized carbons (Fsp3) is 0.500. The molecule has 0 saturated carbocycles. The van der Waals surface area contributed by atoms with E-state index >= 15 is 0 Å². The van der Waals surface area contributed by atoms with Crippen LogP contribution in [0.1, 0.15) is 36.0 Å². The van der Waals surface area contributed by atoms with Crippen LogP contribution in [0.15, 0.2) is 24.5 Å². The van der Waals surface area contributed by atoms with Crippen molar-refractivity contribution in [3.8, 4) is 0 Å². The SMILES string of the molecule is CN(CCC1CCCCO1)C(=O)c1ccc2nc[nH]c2c1. The zero-order valence-electron chi connectivity index (χ0n) is 12.3. The molecular weight excluding hydrogens is 266 g/mol. The average Bonchev–Trinajstić information content (AvgIpc) is 3.00. The quantitative estimate of drug-likeness (QED) is 0.940. The van der Waals surface area contributed by atoms with E-state index in [-0.39, 0.29) is 5.91 Å². The summed E-state index contributed by atoms with van der Waals surface area (Å²) in [5.74, 6) is 0.0438. The first-order valence-electron chi connectivity index (χ1n) is 7.54. The number of hydrogen-bond donors (Lipinski definition) is 1. The second-order valence-corrected chi connectivity index (χ2v) is 5.64. The Morgan fingerprint density at radius 1 is 1.48 bits per heavy atom. The third-order valence-electron chi connectivity index (χ3n) is 4.07. The summed E-state index contributed by atoms with van der Waals surface area (Å²) in [7, 11) is 1.85. The van der Waals surface area contributed by atoms with Crippen LogP contribution >= 0.6 is 0 Å². The first kappa shape index (κ1) is 14.1. The second-order valence-electron chi connectivity index (χ2n) is 5.64. The zero-order valence-corrected chi connectivity index (χ0v) is 12.3. The molecule has 0 aliphatic carbocycles. The molecule has 1 aliphatic rings. The van der Waals surface area contributed by atoms with Gasteiger partial charge in [0.2, 0.25) is 0 Å². The molecule has 2 heterocycles. The number of amides is 1. The van der Waals surface area contributed by atoms with Crippen molar-refractivity contribution in [1.82, 2.24) is 14.9 Å². The molecule has 0 radical (unpaired) electrons. The molecular formula is C16H21N3O2. The standard InChI is InChI=1S/C16H21N3O2/c1-19(8-7-13-4-2-3-9-21-13)16(20)12-5-6-14-15(10-12)18-11-17-14/h5-6,10-11,13H,2-4,7-9H2,1H3,(H,17,18). The number of benzene rings is 1. The van der Waals surface area contributed by atoms with Gasteiger partial charge in [0.25, 0.3) is 5.91 Å². The number of hydrogen-bond acceptors (Lipinski definition) is 3. The van der Waals surface area contributed by atoms with Crippen molar-refractivity contribution in [2.75, 3.05) is 20.2 Å². The van der Waals surface area contributed by atoms with Crippen LogP contribution in [-0.2, 0) is 4.74 Å². The predicted octanol–water partition coefficient (Wildman–Crippen LogP) is 2.59. The van der Waals surface area contributed by atoms with Crippen LogP contribution in [0.3, 0.4) is 0 Å². The van der Waals surface area contributed by atoms with E-state index in [1.165, 1.54) is 6.42 Å². The van der Waals surface area contributed by atoms with Gasteiger partial charge in [-0.1, -0.05) is 0 Å². The lowest BCUT2D eigenvalue weighted by molar-refractivity contribution is 0.00709. The number of carbonyl (C=O) groups is 1. The highest BCUT2D eigenvalue weighted by Crippen LogP contribution is 2.17. The maximum absolute atomic E-state index is 12.4. The molecule has 3 rings (SSSR count). The molecule has 5 nitrogen and oxygen atoms in total. The molecule has 1 amide bonds. The molecule has 1 fully saturated rings. The summed E-state index contributed by atoms with van der Waals surface area (Å²) in [6, 6.07) is 5.56. The molecule has 2 aromatic rings. The highest BCUT2D eigenvalue weighted by Gasteiger charge is 2.17. The van der Waals surface area contributed by atoms with E-state index in [1.807, 2.05) is 25.2 Å². The topological polar surface area (TPSA) is 58.2 Å². The third-order valence-corrected chi connectivity index (χ3v) is 4.07. The summed E-state index contributed by atoms with van der Waals surface area (Å²) in [5.41, 5.74) is 2.47. The van der Waals surface area contributed by atoms with Crippen LogP contribution in [0, 0.1) is 0 Å². The minimum absolute atomic E-state index is 0.0438. The van der Waals surface area contributed by atoms with Gasteiger partial charge in [0.1, 0.15) is 0 Å². The van der Waals surface area contributed by atoms with E-state index < -0.39 is 0 Å². The first-order valence-corrected chi connectivity index (χ1v) is 7.54. The van der Waals surface area contributed by atoms with E-state index in [1.54, 1.807) is 11.2 Å². The number of aromatic nitrogens is 2. The van der Waals surface area contributed by atoms with Crippen molar-refractivity contribution in [3.05, 3.63) is 30.1 Å². The Balaban J connectivity index is 1.60. The van der Waals surface area contributed by atoms with Crippen molar-refractivity contribution in [2.45, 2.75) is 31.8 Å². The number of imidazole rings is 1. The summed E-state index contributed by atoms with van der Waals surface area (Å²) in [6.07, 6.45) is 6.37. The van der Waals surface area contributed by atoms with Gasteiger partial charge in [0.05, 0.1) is 23.5 Å². The van der Waals surface area contributed by atoms with Gasteiger partial charge in [-0.25, -0.2) is 4.98 Å². The largest absolute Gasteiger partial charge is 0.378 e. The molecule has 0 spiro atoms. The Morgan fingerprint density at radius 2 is 2.38 bits per heavy atom. The Bertz CT molecular complexity index is 617. The summed E-state index contributed by atoms with van der Waals surface area (Å²) in [6.45, 7) is 1.59. The molecule has 5 heteroatoms. The van der Waals surface area contributed by atoms with Gasteiger partial charge in [0.15, 0.2) is 0 Å². The number of fused-ring (bicyclic) bond motifs is 1. The van der Waals surface area contributed by atoms with Crippen LogP contribution in [0.5, 0.6) is 0 Å². The molecule has 1 aromatic heterocycles. The van der Waals surface area contributed by atoms with Gasteiger partial charge in [0, 0.05) is 25.8 Å². The number of ether oxygens (including phenoxy) is 1. The summed E-state index contributed by atoms with van der Waals surface area (Å²) >= 11 is 0. The van der Waals surface area contributed by atoms with Gasteiger partial charge < -0.3 is 14.6 Å². The lowest BCUT2D eigenvalue weighted by Gasteiger charge is -2.25. The fourth-order valence-corrected chi connectivity index (χ4v) is 2.76. The maximum atomic E-state index is 12.4. The lowest BCUT2D eigenvalue weighted by atomic mass is 10.1. The maximum Gasteiger partial charge on any atom is 0.253 e. The molecule has 1 N–H and O–H groups in total.